The van der Waals surface area contributed by atoms with Gasteiger partial charge in [-0.1, -0.05) is 30.3 Å². The van der Waals surface area contributed by atoms with Crippen molar-refractivity contribution in [3.8, 4) is 5.75 Å². The Morgan fingerprint density at radius 1 is 1.13 bits per heavy atom. The molecule has 0 amide bonds. The standard InChI is InChI=1S/C19H19NO3/c1-13(2)20-15(12-23-16-8-4-3-5-9-16)11-14-7-6-10-17(18(14)20)19(21)22/h3-11,13H,12H2,1-2H3,(H,21,22). The Morgan fingerprint density at radius 2 is 1.87 bits per heavy atom. The average Bonchev–Trinajstić information content (AvgIpc) is 2.92. The van der Waals surface area contributed by atoms with Crippen LogP contribution in [0.5, 0.6) is 5.75 Å². The van der Waals surface area contributed by atoms with Gasteiger partial charge in [0.2, 0.25) is 0 Å². The van der Waals surface area contributed by atoms with Gasteiger partial charge in [0.15, 0.2) is 0 Å². The molecule has 3 aromatic rings. The van der Waals surface area contributed by atoms with Crippen LogP contribution in [0.3, 0.4) is 0 Å². The molecule has 0 spiro atoms. The monoisotopic (exact) mass is 309 g/mol. The lowest BCUT2D eigenvalue weighted by Crippen LogP contribution is -2.10. The molecule has 0 atom stereocenters. The number of carbonyl (C=O) groups is 1. The van der Waals surface area contributed by atoms with Crippen LogP contribution in [-0.4, -0.2) is 15.6 Å². The van der Waals surface area contributed by atoms with Crippen molar-refractivity contribution in [2.24, 2.45) is 0 Å². The topological polar surface area (TPSA) is 51.5 Å². The van der Waals surface area contributed by atoms with Gasteiger partial charge in [-0.25, -0.2) is 4.79 Å². The van der Waals surface area contributed by atoms with Gasteiger partial charge in [0.25, 0.3) is 0 Å². The van der Waals surface area contributed by atoms with E-state index in [-0.39, 0.29) is 6.04 Å². The molecule has 23 heavy (non-hydrogen) atoms. The molecule has 0 aliphatic rings. The Balaban J connectivity index is 2.05. The van der Waals surface area contributed by atoms with Crippen molar-refractivity contribution in [2.45, 2.75) is 26.5 Å². The number of hydrogen-bond acceptors (Lipinski definition) is 2. The highest BCUT2D eigenvalue weighted by atomic mass is 16.5. The molecule has 0 aliphatic heterocycles. The van der Waals surface area contributed by atoms with Gasteiger partial charge in [0.1, 0.15) is 12.4 Å². The number of fused-ring (bicyclic) bond motifs is 1. The van der Waals surface area contributed by atoms with Gasteiger partial charge in [0.05, 0.1) is 16.8 Å². The molecule has 1 N–H and O–H groups in total. The average molecular weight is 309 g/mol. The molecule has 118 valence electrons. The molecule has 0 radical (unpaired) electrons. The largest absolute Gasteiger partial charge is 0.487 e. The van der Waals surface area contributed by atoms with Crippen molar-refractivity contribution in [1.82, 2.24) is 4.57 Å². The third kappa shape index (κ3) is 2.93. The fraction of sp³-hybridized carbons (Fsp3) is 0.211. The number of aromatic nitrogens is 1. The first-order valence-electron chi connectivity index (χ1n) is 7.62. The summed E-state index contributed by atoms with van der Waals surface area (Å²) in [6.07, 6.45) is 0. The van der Waals surface area contributed by atoms with E-state index in [1.807, 2.05) is 60.9 Å². The van der Waals surface area contributed by atoms with Gasteiger partial charge < -0.3 is 14.4 Å². The number of carboxylic acid groups (broad SMARTS) is 1. The van der Waals surface area contributed by atoms with Gasteiger partial charge in [-0.15, -0.1) is 0 Å². The van der Waals surface area contributed by atoms with Gasteiger partial charge in [0, 0.05) is 11.4 Å². The summed E-state index contributed by atoms with van der Waals surface area (Å²) in [6.45, 7) is 4.49. The molecule has 2 aromatic carbocycles. The molecule has 0 bridgehead atoms. The highest BCUT2D eigenvalue weighted by Gasteiger charge is 2.18. The van der Waals surface area contributed by atoms with Crippen LogP contribution in [0.1, 0.15) is 35.9 Å². The number of aromatic carboxylic acids is 1. The van der Waals surface area contributed by atoms with E-state index < -0.39 is 5.97 Å². The van der Waals surface area contributed by atoms with E-state index in [1.165, 1.54) is 0 Å². The first kappa shape index (κ1) is 15.2. The Labute approximate surface area is 134 Å². The lowest BCUT2D eigenvalue weighted by Gasteiger charge is -2.16. The van der Waals surface area contributed by atoms with Crippen LogP contribution in [0.4, 0.5) is 0 Å². The molecule has 4 heteroatoms. The highest BCUT2D eigenvalue weighted by Crippen LogP contribution is 2.28. The molecule has 1 aromatic heterocycles. The van der Waals surface area contributed by atoms with E-state index in [1.54, 1.807) is 12.1 Å². The number of para-hydroxylation sites is 2. The summed E-state index contributed by atoms with van der Waals surface area (Å²) >= 11 is 0. The molecular weight excluding hydrogens is 290 g/mol. The predicted octanol–water partition coefficient (Wildman–Crippen LogP) is 4.50. The van der Waals surface area contributed by atoms with E-state index in [9.17, 15) is 9.90 Å². The Kier molecular flexibility index (Phi) is 4.06. The lowest BCUT2D eigenvalue weighted by atomic mass is 10.1. The molecule has 0 saturated heterocycles. The van der Waals surface area contributed by atoms with E-state index in [2.05, 4.69) is 0 Å². The van der Waals surface area contributed by atoms with E-state index in [0.29, 0.717) is 12.2 Å². The van der Waals surface area contributed by atoms with Gasteiger partial charge in [-0.05, 0) is 38.1 Å². The molecular formula is C19H19NO3. The minimum atomic E-state index is -0.911. The number of nitrogens with zero attached hydrogens (tertiary/aromatic N) is 1. The summed E-state index contributed by atoms with van der Waals surface area (Å²) in [5.41, 5.74) is 2.04. The zero-order chi connectivity index (χ0) is 16.4. The van der Waals surface area contributed by atoms with Crippen molar-refractivity contribution in [2.75, 3.05) is 0 Å². The number of benzene rings is 2. The van der Waals surface area contributed by atoms with Crippen LogP contribution in [0.2, 0.25) is 0 Å². The van der Waals surface area contributed by atoms with Crippen molar-refractivity contribution in [3.63, 3.8) is 0 Å². The molecule has 1 heterocycles. The fourth-order valence-corrected chi connectivity index (χ4v) is 2.89. The smallest absolute Gasteiger partial charge is 0.337 e. The minimum absolute atomic E-state index is 0.141. The normalized spacial score (nSPS) is 11.1. The molecule has 0 fully saturated rings. The SMILES string of the molecule is CC(C)n1c(COc2ccccc2)cc2cccc(C(=O)O)c21. The van der Waals surface area contributed by atoms with Crippen LogP contribution in [0, 0.1) is 0 Å². The van der Waals surface area contributed by atoms with E-state index >= 15 is 0 Å². The zero-order valence-corrected chi connectivity index (χ0v) is 13.2. The van der Waals surface area contributed by atoms with Gasteiger partial charge >= 0.3 is 5.97 Å². The van der Waals surface area contributed by atoms with Crippen LogP contribution < -0.4 is 4.74 Å². The maximum atomic E-state index is 11.5. The van der Waals surface area contributed by atoms with E-state index in [4.69, 9.17) is 4.74 Å². The number of carboxylic acids is 1. The summed E-state index contributed by atoms with van der Waals surface area (Å²) < 4.78 is 7.89. The highest BCUT2D eigenvalue weighted by molar-refractivity contribution is 6.02. The first-order chi connectivity index (χ1) is 11.1. The second-order valence-electron chi connectivity index (χ2n) is 5.75. The second kappa shape index (κ2) is 6.16. The number of rotatable bonds is 5. The fourth-order valence-electron chi connectivity index (χ4n) is 2.89. The second-order valence-corrected chi connectivity index (χ2v) is 5.75. The van der Waals surface area contributed by atoms with Crippen molar-refractivity contribution < 1.29 is 14.6 Å². The van der Waals surface area contributed by atoms with E-state index in [0.717, 1.165) is 22.3 Å². The predicted molar refractivity (Wildman–Crippen MR) is 90.1 cm³/mol. The van der Waals surface area contributed by atoms with Crippen LogP contribution in [0.15, 0.2) is 54.6 Å². The zero-order valence-electron chi connectivity index (χ0n) is 13.2. The summed E-state index contributed by atoms with van der Waals surface area (Å²) in [6, 6.07) is 17.1. The maximum absolute atomic E-state index is 11.5. The van der Waals surface area contributed by atoms with Crippen molar-refractivity contribution in [1.29, 1.82) is 0 Å². The summed E-state index contributed by atoms with van der Waals surface area (Å²) in [5.74, 6) is -0.113. The van der Waals surface area contributed by atoms with Crippen LogP contribution in [0.25, 0.3) is 10.9 Å². The van der Waals surface area contributed by atoms with Gasteiger partial charge in [-0.2, -0.15) is 0 Å². The summed E-state index contributed by atoms with van der Waals surface area (Å²) in [7, 11) is 0. The van der Waals surface area contributed by atoms with Crippen molar-refractivity contribution >= 4 is 16.9 Å². The third-order valence-electron chi connectivity index (χ3n) is 3.82. The lowest BCUT2D eigenvalue weighted by molar-refractivity contribution is 0.0698. The first-order valence-corrected chi connectivity index (χ1v) is 7.62. The molecule has 0 unspecified atom stereocenters. The van der Waals surface area contributed by atoms with Crippen LogP contribution in [-0.2, 0) is 6.61 Å². The third-order valence-corrected chi connectivity index (χ3v) is 3.82. The van der Waals surface area contributed by atoms with Crippen molar-refractivity contribution in [3.05, 3.63) is 65.9 Å². The van der Waals surface area contributed by atoms with Gasteiger partial charge in [-0.3, -0.25) is 0 Å². The molecule has 3 rings (SSSR count). The quantitative estimate of drug-likeness (QED) is 0.755. The number of ether oxygens (including phenoxy) is 1. The Morgan fingerprint density at radius 3 is 2.52 bits per heavy atom. The minimum Gasteiger partial charge on any atom is -0.487 e. The van der Waals surface area contributed by atoms with Crippen LogP contribution >= 0.6 is 0 Å². The summed E-state index contributed by atoms with van der Waals surface area (Å²) in [4.78, 5) is 11.5. The molecule has 4 nitrogen and oxygen atoms in total. The summed E-state index contributed by atoms with van der Waals surface area (Å²) in [5, 5.41) is 10.4. The Hall–Kier alpha value is -2.75. The Bertz CT molecular complexity index is 834. The maximum Gasteiger partial charge on any atom is 0.337 e. The number of hydrogen-bond donors (Lipinski definition) is 1. The molecule has 0 saturated carbocycles. The molecule has 0 aliphatic carbocycles.